The van der Waals surface area contributed by atoms with Gasteiger partial charge in [-0.15, -0.1) is 0 Å². The zero-order valence-electron chi connectivity index (χ0n) is 10.5. The third-order valence-corrected chi connectivity index (χ3v) is 1.75. The lowest BCUT2D eigenvalue weighted by Crippen LogP contribution is -2.30. The van der Waals surface area contributed by atoms with Crippen LogP contribution in [0.4, 0.5) is 4.79 Å². The van der Waals surface area contributed by atoms with Gasteiger partial charge in [0.1, 0.15) is 5.60 Å². The van der Waals surface area contributed by atoms with Gasteiger partial charge in [-0.25, -0.2) is 10.2 Å². The number of pyridine rings is 1. The Morgan fingerprint density at radius 2 is 2.12 bits per heavy atom. The average molecular weight is 235 g/mol. The van der Waals surface area contributed by atoms with Gasteiger partial charge in [0.05, 0.1) is 11.4 Å². The molecule has 1 rings (SSSR count). The molecule has 1 heterocycles. The molecule has 0 bridgehead atoms. The first-order chi connectivity index (χ1) is 7.88. The third kappa shape index (κ3) is 5.10. The summed E-state index contributed by atoms with van der Waals surface area (Å²) in [6.45, 7) is 7.14. The Morgan fingerprint density at radius 3 is 2.65 bits per heavy atom. The van der Waals surface area contributed by atoms with Crippen LogP contribution in [0.15, 0.2) is 29.5 Å². The quantitative estimate of drug-likeness (QED) is 0.632. The molecule has 17 heavy (non-hydrogen) atoms. The molecular weight excluding hydrogens is 218 g/mol. The average Bonchev–Trinajstić information content (AvgIpc) is 2.25. The molecule has 5 nitrogen and oxygen atoms in total. The summed E-state index contributed by atoms with van der Waals surface area (Å²) in [5, 5.41) is 3.91. The minimum atomic E-state index is -0.576. The second-order valence-corrected chi connectivity index (χ2v) is 4.53. The number of carbonyl (C=O) groups is 1. The van der Waals surface area contributed by atoms with Gasteiger partial charge in [-0.1, -0.05) is 6.07 Å². The van der Waals surface area contributed by atoms with Gasteiger partial charge in [0.15, 0.2) is 0 Å². The molecule has 0 aliphatic rings. The number of hydrogen-bond donors (Lipinski definition) is 1. The Bertz CT molecular complexity index is 408. The summed E-state index contributed by atoms with van der Waals surface area (Å²) in [5.74, 6) is 0. The minimum absolute atomic E-state index is 0.529. The fourth-order valence-electron chi connectivity index (χ4n) is 1.06. The van der Waals surface area contributed by atoms with E-state index in [4.69, 9.17) is 4.74 Å². The molecule has 0 spiro atoms. The molecule has 1 N–H and O–H groups in total. The first-order valence-electron chi connectivity index (χ1n) is 5.33. The lowest BCUT2D eigenvalue weighted by Gasteiger charge is -2.18. The van der Waals surface area contributed by atoms with Crippen LogP contribution >= 0.6 is 0 Å². The van der Waals surface area contributed by atoms with Crippen molar-refractivity contribution in [1.29, 1.82) is 0 Å². The molecule has 1 aromatic rings. The Hall–Kier alpha value is -1.91. The van der Waals surface area contributed by atoms with Crippen LogP contribution in [0, 0.1) is 0 Å². The molecule has 0 fully saturated rings. The molecule has 0 saturated heterocycles. The summed E-state index contributed by atoms with van der Waals surface area (Å²) in [4.78, 5) is 15.4. The maximum absolute atomic E-state index is 11.3. The van der Waals surface area contributed by atoms with E-state index in [0.717, 1.165) is 0 Å². The summed E-state index contributed by atoms with van der Waals surface area (Å²) >= 11 is 0. The zero-order valence-corrected chi connectivity index (χ0v) is 10.5. The van der Waals surface area contributed by atoms with E-state index >= 15 is 0 Å². The van der Waals surface area contributed by atoms with Crippen LogP contribution in [0.1, 0.15) is 33.4 Å². The number of hydrogen-bond acceptors (Lipinski definition) is 4. The smallest absolute Gasteiger partial charge is 0.428 e. The van der Waals surface area contributed by atoms with E-state index in [0.29, 0.717) is 11.4 Å². The second kappa shape index (κ2) is 5.43. The first-order valence-corrected chi connectivity index (χ1v) is 5.33. The van der Waals surface area contributed by atoms with Crippen molar-refractivity contribution >= 4 is 11.8 Å². The lowest BCUT2D eigenvalue weighted by atomic mass is 10.2. The molecule has 1 amide bonds. The zero-order chi connectivity index (χ0) is 12.9. The molecule has 0 unspecified atom stereocenters. The molecule has 0 atom stereocenters. The van der Waals surface area contributed by atoms with Gasteiger partial charge in [-0.3, -0.25) is 4.98 Å². The molecule has 1 aromatic heterocycles. The fourth-order valence-corrected chi connectivity index (χ4v) is 1.06. The number of carbonyl (C=O) groups excluding carboxylic acids is 1. The maximum atomic E-state index is 11.3. The van der Waals surface area contributed by atoms with Crippen molar-refractivity contribution < 1.29 is 9.53 Å². The normalized spacial score (nSPS) is 12.1. The van der Waals surface area contributed by atoms with Gasteiger partial charge >= 0.3 is 6.09 Å². The van der Waals surface area contributed by atoms with Gasteiger partial charge in [-0.05, 0) is 39.8 Å². The number of aromatic nitrogens is 1. The van der Waals surface area contributed by atoms with Gasteiger partial charge in [0.2, 0.25) is 0 Å². The largest absolute Gasteiger partial charge is 0.443 e. The van der Waals surface area contributed by atoms with Crippen molar-refractivity contribution in [2.75, 3.05) is 0 Å². The second-order valence-electron chi connectivity index (χ2n) is 4.53. The summed E-state index contributed by atoms with van der Waals surface area (Å²) in [5.41, 5.74) is 3.13. The number of rotatable bonds is 2. The molecule has 5 heteroatoms. The highest BCUT2D eigenvalue weighted by molar-refractivity contribution is 5.97. The number of nitrogens with zero attached hydrogens (tertiary/aromatic N) is 2. The fraction of sp³-hybridized carbons (Fsp3) is 0.417. The number of ether oxygens (including phenoxy) is 1. The first kappa shape index (κ1) is 13.2. The Morgan fingerprint density at radius 1 is 1.41 bits per heavy atom. The third-order valence-electron chi connectivity index (χ3n) is 1.75. The predicted molar refractivity (Wildman–Crippen MR) is 65.8 cm³/mol. The van der Waals surface area contributed by atoms with E-state index in [1.54, 1.807) is 33.9 Å². The highest BCUT2D eigenvalue weighted by Gasteiger charge is 2.15. The number of hydrazone groups is 1. The van der Waals surface area contributed by atoms with E-state index in [2.05, 4.69) is 15.5 Å². The van der Waals surface area contributed by atoms with Gasteiger partial charge < -0.3 is 4.74 Å². The van der Waals surface area contributed by atoms with E-state index in [9.17, 15) is 4.79 Å². The highest BCUT2D eigenvalue weighted by atomic mass is 16.6. The topological polar surface area (TPSA) is 63.6 Å². The van der Waals surface area contributed by atoms with Crippen LogP contribution in [0.2, 0.25) is 0 Å². The summed E-state index contributed by atoms with van der Waals surface area (Å²) < 4.78 is 5.05. The predicted octanol–water partition coefficient (Wildman–Crippen LogP) is 2.33. The van der Waals surface area contributed by atoms with Crippen molar-refractivity contribution in [1.82, 2.24) is 10.4 Å². The lowest BCUT2D eigenvalue weighted by molar-refractivity contribution is 0.0529. The standard InChI is InChI=1S/C12H17N3O2/c1-9(10-7-5-6-8-13-10)14-15-11(16)17-12(2,3)4/h5-8H,1-4H3,(H,15,16)/b14-9-. The minimum Gasteiger partial charge on any atom is -0.443 e. The molecule has 0 aliphatic carbocycles. The van der Waals surface area contributed by atoms with Crippen molar-refractivity contribution in [3.63, 3.8) is 0 Å². The number of amides is 1. The summed E-state index contributed by atoms with van der Waals surface area (Å²) in [6.07, 6.45) is 1.09. The van der Waals surface area contributed by atoms with Crippen molar-refractivity contribution in [2.45, 2.75) is 33.3 Å². The monoisotopic (exact) mass is 235 g/mol. The summed E-state index contributed by atoms with van der Waals surface area (Å²) in [6, 6.07) is 5.49. The van der Waals surface area contributed by atoms with Crippen LogP contribution in [0.5, 0.6) is 0 Å². The highest BCUT2D eigenvalue weighted by Crippen LogP contribution is 2.06. The van der Waals surface area contributed by atoms with Crippen LogP contribution in [-0.2, 0) is 4.74 Å². The van der Waals surface area contributed by atoms with Crippen LogP contribution < -0.4 is 5.43 Å². The SMILES string of the molecule is C/C(=N/NC(=O)OC(C)(C)C)c1ccccn1. The Balaban J connectivity index is 2.57. The number of nitrogens with one attached hydrogen (secondary N) is 1. The van der Waals surface area contributed by atoms with E-state index in [1.807, 2.05) is 18.2 Å². The van der Waals surface area contributed by atoms with Gasteiger partial charge in [0.25, 0.3) is 0 Å². The molecule has 0 aromatic carbocycles. The maximum Gasteiger partial charge on any atom is 0.428 e. The molecule has 0 radical (unpaired) electrons. The van der Waals surface area contributed by atoms with Gasteiger partial charge in [-0.2, -0.15) is 5.10 Å². The van der Waals surface area contributed by atoms with Crippen LogP contribution in [0.3, 0.4) is 0 Å². The molecule has 0 aliphatic heterocycles. The van der Waals surface area contributed by atoms with Crippen LogP contribution in [0.25, 0.3) is 0 Å². The van der Waals surface area contributed by atoms with Gasteiger partial charge in [0, 0.05) is 6.20 Å². The van der Waals surface area contributed by atoms with E-state index in [1.165, 1.54) is 0 Å². The van der Waals surface area contributed by atoms with Crippen LogP contribution in [-0.4, -0.2) is 22.4 Å². The Labute approximate surface area is 101 Å². The summed E-state index contributed by atoms with van der Waals surface area (Å²) in [7, 11) is 0. The van der Waals surface area contributed by atoms with Crippen molar-refractivity contribution in [3.8, 4) is 0 Å². The van der Waals surface area contributed by atoms with Crippen molar-refractivity contribution in [3.05, 3.63) is 30.1 Å². The molecule has 92 valence electrons. The molecule has 0 saturated carbocycles. The Kier molecular flexibility index (Phi) is 4.20. The van der Waals surface area contributed by atoms with E-state index in [-0.39, 0.29) is 0 Å². The van der Waals surface area contributed by atoms with Crippen molar-refractivity contribution in [2.24, 2.45) is 5.10 Å². The van der Waals surface area contributed by atoms with E-state index < -0.39 is 11.7 Å². The molecular formula is C12H17N3O2.